The summed E-state index contributed by atoms with van der Waals surface area (Å²) in [4.78, 5) is 27.1. The predicted octanol–water partition coefficient (Wildman–Crippen LogP) is 2.29. The Labute approximate surface area is 135 Å². The van der Waals surface area contributed by atoms with Crippen molar-refractivity contribution >= 4 is 17.8 Å². The summed E-state index contributed by atoms with van der Waals surface area (Å²) in [7, 11) is 1.81. The van der Waals surface area contributed by atoms with Gasteiger partial charge in [0.05, 0.1) is 24.1 Å². The number of aromatic nitrogens is 3. The molecule has 0 unspecified atom stereocenters. The molecule has 0 aliphatic carbocycles. The minimum Gasteiger partial charge on any atom is -0.372 e. The van der Waals surface area contributed by atoms with Gasteiger partial charge in [-0.1, -0.05) is 6.07 Å². The first-order chi connectivity index (χ1) is 11.3. The minimum absolute atomic E-state index is 0.00647. The highest BCUT2D eigenvalue weighted by atomic mass is 16.2. The van der Waals surface area contributed by atoms with Gasteiger partial charge in [0.2, 0.25) is 5.91 Å². The van der Waals surface area contributed by atoms with E-state index in [1.807, 2.05) is 24.1 Å². The molecule has 1 aliphatic rings. The van der Waals surface area contributed by atoms with Crippen LogP contribution in [-0.2, 0) is 4.79 Å². The van der Waals surface area contributed by atoms with Crippen LogP contribution in [0.25, 0.3) is 6.08 Å². The highest BCUT2D eigenvalue weighted by molar-refractivity contribution is 5.92. The Morgan fingerprint density at radius 2 is 2.26 bits per heavy atom. The average Bonchev–Trinajstić information content (AvgIpc) is 3.10. The predicted molar refractivity (Wildman–Crippen MR) is 88.5 cm³/mol. The van der Waals surface area contributed by atoms with E-state index in [0.29, 0.717) is 5.82 Å². The van der Waals surface area contributed by atoms with Gasteiger partial charge < -0.3 is 10.2 Å². The number of nitrogens with zero attached hydrogens (tertiary/aromatic N) is 4. The Morgan fingerprint density at radius 1 is 1.35 bits per heavy atom. The molecular weight excluding hydrogens is 290 g/mol. The van der Waals surface area contributed by atoms with E-state index >= 15 is 0 Å². The quantitative estimate of drug-likeness (QED) is 0.877. The number of carbonyl (C=O) groups excluding carboxylic acids is 1. The number of nitrogens with one attached hydrogen (secondary N) is 1. The van der Waals surface area contributed by atoms with Gasteiger partial charge in [-0.2, -0.15) is 0 Å². The Bertz CT molecular complexity index is 701. The summed E-state index contributed by atoms with van der Waals surface area (Å²) in [5.74, 6) is 0.709. The average molecular weight is 309 g/mol. The third kappa shape index (κ3) is 3.53. The lowest BCUT2D eigenvalue weighted by molar-refractivity contribution is -0.126. The monoisotopic (exact) mass is 309 g/mol. The molecule has 0 aromatic carbocycles. The van der Waals surface area contributed by atoms with E-state index in [1.54, 1.807) is 36.9 Å². The molecule has 1 atom stereocenters. The molecule has 118 valence electrons. The lowest BCUT2D eigenvalue weighted by Gasteiger charge is -2.23. The van der Waals surface area contributed by atoms with Crippen molar-refractivity contribution in [2.75, 3.05) is 18.9 Å². The fraction of sp³-hybridized carbons (Fsp3) is 0.294. The van der Waals surface area contributed by atoms with Crippen molar-refractivity contribution in [2.45, 2.75) is 18.9 Å². The fourth-order valence-electron chi connectivity index (χ4n) is 2.74. The number of anilines is 1. The first-order valence-electron chi connectivity index (χ1n) is 7.66. The Kier molecular flexibility index (Phi) is 4.61. The first kappa shape index (κ1) is 15.1. The van der Waals surface area contributed by atoms with E-state index in [9.17, 15) is 4.79 Å². The number of pyridine rings is 1. The van der Waals surface area contributed by atoms with E-state index in [4.69, 9.17) is 0 Å². The Balaban J connectivity index is 1.75. The number of rotatable bonds is 4. The Hall–Kier alpha value is -2.76. The van der Waals surface area contributed by atoms with Crippen molar-refractivity contribution in [3.63, 3.8) is 0 Å². The molecule has 2 aromatic heterocycles. The highest BCUT2D eigenvalue weighted by Crippen LogP contribution is 2.31. The molecule has 23 heavy (non-hydrogen) atoms. The molecule has 6 heteroatoms. The number of hydrogen-bond acceptors (Lipinski definition) is 5. The van der Waals surface area contributed by atoms with Crippen LogP contribution in [0.2, 0.25) is 0 Å². The minimum atomic E-state index is -0.0122. The topological polar surface area (TPSA) is 71.0 Å². The van der Waals surface area contributed by atoms with Crippen LogP contribution in [0.15, 0.2) is 43.0 Å². The summed E-state index contributed by atoms with van der Waals surface area (Å²) in [6, 6.07) is 3.75. The van der Waals surface area contributed by atoms with Gasteiger partial charge in [-0.3, -0.25) is 14.8 Å². The molecule has 0 radical (unpaired) electrons. The maximum atomic E-state index is 12.5. The van der Waals surface area contributed by atoms with Gasteiger partial charge in [-0.15, -0.1) is 0 Å². The number of likely N-dealkylation sites (tertiary alicyclic amines) is 1. The van der Waals surface area contributed by atoms with Crippen LogP contribution in [0.5, 0.6) is 0 Å². The fourth-order valence-corrected chi connectivity index (χ4v) is 2.74. The molecule has 1 saturated heterocycles. The number of carbonyl (C=O) groups is 1. The summed E-state index contributed by atoms with van der Waals surface area (Å²) in [6.45, 7) is 0.742. The molecule has 0 spiro atoms. The summed E-state index contributed by atoms with van der Waals surface area (Å²) >= 11 is 0. The summed E-state index contributed by atoms with van der Waals surface area (Å²) < 4.78 is 0. The van der Waals surface area contributed by atoms with Crippen molar-refractivity contribution in [2.24, 2.45) is 0 Å². The first-order valence-corrected chi connectivity index (χ1v) is 7.66. The van der Waals surface area contributed by atoms with Crippen molar-refractivity contribution in [3.8, 4) is 0 Å². The number of hydrogen-bond donors (Lipinski definition) is 1. The Morgan fingerprint density at radius 3 is 3.04 bits per heavy atom. The molecule has 3 rings (SSSR count). The van der Waals surface area contributed by atoms with Crippen molar-refractivity contribution in [1.29, 1.82) is 0 Å². The second-order valence-corrected chi connectivity index (χ2v) is 5.39. The molecule has 2 aromatic rings. The third-order valence-electron chi connectivity index (χ3n) is 3.89. The van der Waals surface area contributed by atoms with E-state index in [-0.39, 0.29) is 11.9 Å². The van der Waals surface area contributed by atoms with Crippen molar-refractivity contribution < 1.29 is 4.79 Å². The molecular formula is C17H19N5O. The molecule has 1 aliphatic heterocycles. The molecule has 1 N–H and O–H groups in total. The van der Waals surface area contributed by atoms with Gasteiger partial charge >= 0.3 is 0 Å². The highest BCUT2D eigenvalue weighted by Gasteiger charge is 2.30. The molecule has 1 amide bonds. The molecule has 0 saturated carbocycles. The molecule has 1 fully saturated rings. The van der Waals surface area contributed by atoms with Crippen LogP contribution in [0.1, 0.15) is 30.1 Å². The number of amides is 1. The van der Waals surface area contributed by atoms with Gasteiger partial charge in [0.15, 0.2) is 0 Å². The zero-order valence-corrected chi connectivity index (χ0v) is 13.0. The van der Waals surface area contributed by atoms with Crippen LogP contribution in [0.3, 0.4) is 0 Å². The van der Waals surface area contributed by atoms with Crippen LogP contribution in [-0.4, -0.2) is 39.4 Å². The van der Waals surface area contributed by atoms with Crippen LogP contribution < -0.4 is 5.32 Å². The van der Waals surface area contributed by atoms with E-state index < -0.39 is 0 Å². The van der Waals surface area contributed by atoms with Gasteiger partial charge in [0, 0.05) is 32.1 Å². The van der Waals surface area contributed by atoms with E-state index in [2.05, 4.69) is 20.3 Å². The lowest BCUT2D eigenvalue weighted by atomic mass is 10.1. The van der Waals surface area contributed by atoms with Crippen molar-refractivity contribution in [3.05, 3.63) is 54.3 Å². The second-order valence-electron chi connectivity index (χ2n) is 5.39. The van der Waals surface area contributed by atoms with Crippen molar-refractivity contribution in [1.82, 2.24) is 19.9 Å². The van der Waals surface area contributed by atoms with Gasteiger partial charge in [-0.05, 0) is 30.5 Å². The van der Waals surface area contributed by atoms with Crippen LogP contribution >= 0.6 is 0 Å². The summed E-state index contributed by atoms with van der Waals surface area (Å²) in [5, 5.41) is 2.98. The van der Waals surface area contributed by atoms with Crippen LogP contribution in [0, 0.1) is 0 Å². The normalized spacial score (nSPS) is 17.6. The zero-order chi connectivity index (χ0) is 16.1. The zero-order valence-electron chi connectivity index (χ0n) is 13.0. The van der Waals surface area contributed by atoms with Gasteiger partial charge in [0.25, 0.3) is 0 Å². The standard InChI is InChI=1S/C17H19N5O/c1-18-16-12-20-11-14(21-16)15-5-3-9-22(15)17(23)7-6-13-4-2-8-19-10-13/h2,4,6-8,10-12,15H,3,5,9H2,1H3,(H,18,21)/b7-6+/t15-/m1/s1. The summed E-state index contributed by atoms with van der Waals surface area (Å²) in [6.07, 6.45) is 12.1. The maximum Gasteiger partial charge on any atom is 0.247 e. The lowest BCUT2D eigenvalue weighted by Crippen LogP contribution is -2.29. The van der Waals surface area contributed by atoms with Gasteiger partial charge in [0.1, 0.15) is 5.82 Å². The van der Waals surface area contributed by atoms with E-state index in [1.165, 1.54) is 0 Å². The molecule has 6 nitrogen and oxygen atoms in total. The van der Waals surface area contributed by atoms with E-state index in [0.717, 1.165) is 30.6 Å². The summed E-state index contributed by atoms with van der Waals surface area (Å²) in [5.41, 5.74) is 1.74. The van der Waals surface area contributed by atoms with Gasteiger partial charge in [-0.25, -0.2) is 4.98 Å². The maximum absolute atomic E-state index is 12.5. The molecule has 0 bridgehead atoms. The second kappa shape index (κ2) is 7.00. The van der Waals surface area contributed by atoms with Crippen LogP contribution in [0.4, 0.5) is 5.82 Å². The SMILES string of the molecule is CNc1cncc([C@H]2CCCN2C(=O)/C=C/c2cccnc2)n1. The third-order valence-corrected chi connectivity index (χ3v) is 3.89. The smallest absolute Gasteiger partial charge is 0.247 e. The largest absolute Gasteiger partial charge is 0.372 e. The molecule has 3 heterocycles.